The van der Waals surface area contributed by atoms with Crippen LogP contribution in [-0.2, 0) is 11.2 Å². The monoisotopic (exact) mass is 324 g/mol. The summed E-state index contributed by atoms with van der Waals surface area (Å²) in [6.45, 7) is -1.83. The lowest BCUT2D eigenvalue weighted by atomic mass is 9.87. The smallest absolute Gasteiger partial charge is 0.387 e. The Balaban J connectivity index is 1.64. The highest BCUT2D eigenvalue weighted by atomic mass is 19.3. The molecule has 2 aliphatic rings. The maximum absolute atomic E-state index is 12.3. The van der Waals surface area contributed by atoms with E-state index in [1.54, 1.807) is 18.2 Å². The van der Waals surface area contributed by atoms with E-state index in [1.165, 1.54) is 0 Å². The van der Waals surface area contributed by atoms with Crippen LogP contribution in [-0.4, -0.2) is 25.1 Å². The van der Waals surface area contributed by atoms with E-state index in [0.717, 1.165) is 49.8 Å². The first kappa shape index (κ1) is 16.2. The van der Waals surface area contributed by atoms with Crippen LogP contribution in [0.3, 0.4) is 0 Å². The van der Waals surface area contributed by atoms with Gasteiger partial charge in [-0.1, -0.05) is 6.07 Å². The predicted molar refractivity (Wildman–Crippen MR) is 82.5 cm³/mol. The van der Waals surface area contributed by atoms with Crippen LogP contribution in [0.15, 0.2) is 18.2 Å². The molecule has 1 saturated heterocycles. The van der Waals surface area contributed by atoms with Crippen LogP contribution in [0.1, 0.15) is 49.3 Å². The second-order valence-electron chi connectivity index (χ2n) is 6.25. The normalized spacial score (nSPS) is 23.6. The number of amides is 1. The van der Waals surface area contributed by atoms with E-state index in [2.05, 4.69) is 15.4 Å². The molecular weight excluding hydrogens is 302 g/mol. The number of alkyl halides is 2. The molecule has 0 saturated carbocycles. The summed E-state index contributed by atoms with van der Waals surface area (Å²) in [5, 5.41) is 6.42. The quantitative estimate of drug-likeness (QED) is 0.875. The van der Waals surface area contributed by atoms with Gasteiger partial charge >= 0.3 is 6.61 Å². The number of ether oxygens (including phenoxy) is 1. The van der Waals surface area contributed by atoms with Gasteiger partial charge < -0.3 is 15.4 Å². The number of rotatable bonds is 5. The zero-order valence-corrected chi connectivity index (χ0v) is 13.0. The summed E-state index contributed by atoms with van der Waals surface area (Å²) < 4.78 is 29.1. The standard InChI is InChI=1S/C17H22F2N2O2/c18-17(19)23-13-6-7-14-11(9-13)3-1-5-15(14)21-16(22)10-12-4-2-8-20-12/h6-7,9,12,15,17,20H,1-5,8,10H2,(H,21,22). The molecule has 2 atom stereocenters. The van der Waals surface area contributed by atoms with E-state index in [4.69, 9.17) is 0 Å². The molecule has 1 aromatic carbocycles. The van der Waals surface area contributed by atoms with E-state index in [-0.39, 0.29) is 23.7 Å². The number of hydrogen-bond acceptors (Lipinski definition) is 3. The van der Waals surface area contributed by atoms with Gasteiger partial charge in [-0.15, -0.1) is 0 Å². The Morgan fingerprint density at radius 1 is 1.35 bits per heavy atom. The molecule has 0 spiro atoms. The Kier molecular flexibility index (Phi) is 5.10. The summed E-state index contributed by atoms with van der Waals surface area (Å²) in [6, 6.07) is 5.25. The fourth-order valence-electron chi connectivity index (χ4n) is 3.52. The molecular formula is C17H22F2N2O2. The molecule has 1 amide bonds. The Morgan fingerprint density at radius 2 is 2.22 bits per heavy atom. The first-order chi connectivity index (χ1) is 11.1. The van der Waals surface area contributed by atoms with Gasteiger partial charge in [0, 0.05) is 12.5 Å². The van der Waals surface area contributed by atoms with Crippen LogP contribution in [0.25, 0.3) is 0 Å². The molecule has 1 fully saturated rings. The summed E-state index contributed by atoms with van der Waals surface area (Å²) in [5.41, 5.74) is 2.00. The fourth-order valence-corrected chi connectivity index (χ4v) is 3.52. The summed E-state index contributed by atoms with van der Waals surface area (Å²) in [4.78, 5) is 12.2. The van der Waals surface area contributed by atoms with Gasteiger partial charge in [-0.25, -0.2) is 0 Å². The van der Waals surface area contributed by atoms with Crippen LogP contribution in [0.4, 0.5) is 8.78 Å². The first-order valence-electron chi connectivity index (χ1n) is 8.22. The molecule has 0 aromatic heterocycles. The van der Waals surface area contributed by atoms with Gasteiger partial charge in [-0.2, -0.15) is 8.78 Å². The van der Waals surface area contributed by atoms with Crippen molar-refractivity contribution in [2.75, 3.05) is 6.54 Å². The second-order valence-corrected chi connectivity index (χ2v) is 6.25. The summed E-state index contributed by atoms with van der Waals surface area (Å²) in [5.74, 6) is 0.232. The lowest BCUT2D eigenvalue weighted by Crippen LogP contribution is -2.35. The molecule has 0 bridgehead atoms. The number of halogens is 2. The highest BCUT2D eigenvalue weighted by Gasteiger charge is 2.24. The van der Waals surface area contributed by atoms with Crippen molar-refractivity contribution in [1.82, 2.24) is 10.6 Å². The lowest BCUT2D eigenvalue weighted by Gasteiger charge is -2.27. The van der Waals surface area contributed by atoms with Crippen LogP contribution >= 0.6 is 0 Å². The number of carbonyl (C=O) groups is 1. The maximum Gasteiger partial charge on any atom is 0.387 e. The molecule has 126 valence electrons. The van der Waals surface area contributed by atoms with E-state index in [1.807, 2.05) is 0 Å². The van der Waals surface area contributed by atoms with Gasteiger partial charge in [0.15, 0.2) is 0 Å². The molecule has 3 rings (SSSR count). The predicted octanol–water partition coefficient (Wildman–Crippen LogP) is 2.92. The van der Waals surface area contributed by atoms with Crippen molar-refractivity contribution in [2.24, 2.45) is 0 Å². The Hall–Kier alpha value is -1.69. The zero-order chi connectivity index (χ0) is 16.2. The highest BCUT2D eigenvalue weighted by molar-refractivity contribution is 5.77. The van der Waals surface area contributed by atoms with Crippen molar-refractivity contribution in [1.29, 1.82) is 0 Å². The molecule has 0 radical (unpaired) electrons. The highest BCUT2D eigenvalue weighted by Crippen LogP contribution is 2.32. The molecule has 1 aromatic rings. The summed E-state index contributed by atoms with van der Waals surface area (Å²) in [7, 11) is 0. The molecule has 1 heterocycles. The van der Waals surface area contributed by atoms with Crippen LogP contribution in [0.2, 0.25) is 0 Å². The summed E-state index contributed by atoms with van der Waals surface area (Å²) in [6.07, 6.45) is 5.30. The lowest BCUT2D eigenvalue weighted by molar-refractivity contribution is -0.122. The molecule has 6 heteroatoms. The Morgan fingerprint density at radius 3 is 2.96 bits per heavy atom. The number of nitrogens with one attached hydrogen (secondary N) is 2. The van der Waals surface area contributed by atoms with E-state index >= 15 is 0 Å². The van der Waals surface area contributed by atoms with E-state index in [9.17, 15) is 13.6 Å². The topological polar surface area (TPSA) is 50.4 Å². The van der Waals surface area contributed by atoms with Gasteiger partial charge in [0.2, 0.25) is 5.91 Å². The van der Waals surface area contributed by atoms with Gasteiger partial charge in [0.1, 0.15) is 5.75 Å². The van der Waals surface area contributed by atoms with Gasteiger partial charge in [0.05, 0.1) is 6.04 Å². The minimum absolute atomic E-state index is 0.0340. The van der Waals surface area contributed by atoms with Crippen molar-refractivity contribution >= 4 is 5.91 Å². The van der Waals surface area contributed by atoms with Crippen molar-refractivity contribution in [3.63, 3.8) is 0 Å². The molecule has 2 N–H and O–H groups in total. The van der Waals surface area contributed by atoms with E-state index < -0.39 is 6.61 Å². The molecule has 23 heavy (non-hydrogen) atoms. The zero-order valence-electron chi connectivity index (χ0n) is 13.0. The van der Waals surface area contributed by atoms with Crippen LogP contribution in [0, 0.1) is 0 Å². The van der Waals surface area contributed by atoms with E-state index in [0.29, 0.717) is 6.42 Å². The third-order valence-electron chi connectivity index (χ3n) is 4.58. The van der Waals surface area contributed by atoms with Gasteiger partial charge in [-0.3, -0.25) is 4.79 Å². The fraction of sp³-hybridized carbons (Fsp3) is 0.588. The van der Waals surface area contributed by atoms with Crippen LogP contribution < -0.4 is 15.4 Å². The first-order valence-corrected chi connectivity index (χ1v) is 8.22. The van der Waals surface area contributed by atoms with Crippen LogP contribution in [0.5, 0.6) is 5.75 Å². The van der Waals surface area contributed by atoms with Crippen molar-refractivity contribution in [2.45, 2.75) is 57.2 Å². The third kappa shape index (κ3) is 4.19. The SMILES string of the molecule is O=C(CC1CCCN1)NC1CCCc2cc(OC(F)F)ccc21. The minimum Gasteiger partial charge on any atom is -0.435 e. The molecule has 4 nitrogen and oxygen atoms in total. The largest absolute Gasteiger partial charge is 0.435 e. The number of aryl methyl sites for hydroxylation is 1. The molecule has 2 unspecified atom stereocenters. The van der Waals surface area contributed by atoms with Gasteiger partial charge in [-0.05, 0) is 61.9 Å². The minimum atomic E-state index is -2.81. The number of benzene rings is 1. The average Bonchev–Trinajstić information content (AvgIpc) is 2.99. The van der Waals surface area contributed by atoms with Crippen molar-refractivity contribution in [3.05, 3.63) is 29.3 Å². The number of fused-ring (bicyclic) bond motifs is 1. The maximum atomic E-state index is 12.3. The Bertz CT molecular complexity index is 560. The van der Waals surface area contributed by atoms with Crippen molar-refractivity contribution in [3.8, 4) is 5.75 Å². The number of hydrogen-bond donors (Lipinski definition) is 2. The van der Waals surface area contributed by atoms with Crippen molar-refractivity contribution < 1.29 is 18.3 Å². The third-order valence-corrected chi connectivity index (χ3v) is 4.58. The number of carbonyl (C=O) groups excluding carboxylic acids is 1. The molecule has 1 aliphatic heterocycles. The second kappa shape index (κ2) is 7.25. The molecule has 1 aliphatic carbocycles. The van der Waals surface area contributed by atoms with Gasteiger partial charge in [0.25, 0.3) is 0 Å². The average molecular weight is 324 g/mol. The summed E-state index contributed by atoms with van der Waals surface area (Å²) >= 11 is 0. The Labute approximate surface area is 134 Å².